The summed E-state index contributed by atoms with van der Waals surface area (Å²) >= 11 is 0. The number of hydrogen-bond acceptors (Lipinski definition) is 0. The van der Waals surface area contributed by atoms with Gasteiger partial charge in [-0.25, -0.2) is 0 Å². The van der Waals surface area contributed by atoms with E-state index in [9.17, 15) is 0 Å². The average Bonchev–Trinajstić information content (AvgIpc) is 2.21. The highest BCUT2D eigenvalue weighted by atomic mass is 14.1. The molecule has 1 atom stereocenters. The summed E-state index contributed by atoms with van der Waals surface area (Å²) in [4.78, 5) is 0. The van der Waals surface area contributed by atoms with Gasteiger partial charge in [0.25, 0.3) is 0 Å². The van der Waals surface area contributed by atoms with Gasteiger partial charge in [-0.05, 0) is 18.3 Å². The molecule has 0 aromatic carbocycles. The van der Waals surface area contributed by atoms with Crippen LogP contribution in [0.5, 0.6) is 0 Å². The van der Waals surface area contributed by atoms with E-state index in [-0.39, 0.29) is 0 Å². The van der Waals surface area contributed by atoms with E-state index in [2.05, 4.69) is 27.7 Å². The molecule has 0 fully saturated rings. The lowest BCUT2D eigenvalue weighted by molar-refractivity contribution is 0.462. The van der Waals surface area contributed by atoms with E-state index in [1.54, 1.807) is 5.92 Å². The van der Waals surface area contributed by atoms with Gasteiger partial charge in [0, 0.05) is 0 Å². The largest absolute Gasteiger partial charge is 0.0654 e. The maximum atomic E-state index is 2.40. The van der Waals surface area contributed by atoms with E-state index >= 15 is 0 Å². The lowest BCUT2D eigenvalue weighted by atomic mass is 9.93. The maximum Gasteiger partial charge on any atom is -0.0300 e. The third kappa shape index (κ3) is 12.1. The summed E-state index contributed by atoms with van der Waals surface area (Å²) in [6.45, 7) is 9.19. The molecule has 0 aliphatic carbocycles. The van der Waals surface area contributed by atoms with Crippen LogP contribution < -0.4 is 0 Å². The monoisotopic (exact) mass is 225 g/mol. The molecule has 0 aromatic rings. The Morgan fingerprint density at radius 2 is 1.31 bits per heavy atom. The van der Waals surface area contributed by atoms with Gasteiger partial charge in [0.15, 0.2) is 0 Å². The highest BCUT2D eigenvalue weighted by Crippen LogP contribution is 2.19. The van der Waals surface area contributed by atoms with Crippen LogP contribution in [0.1, 0.15) is 91.9 Å². The summed E-state index contributed by atoms with van der Waals surface area (Å²) in [5.41, 5.74) is 0. The van der Waals surface area contributed by atoms with Crippen molar-refractivity contribution >= 4 is 0 Å². The van der Waals surface area contributed by atoms with Gasteiger partial charge < -0.3 is 0 Å². The minimum absolute atomic E-state index is 0.907. The minimum atomic E-state index is 0.907. The molecule has 0 N–H and O–H groups in total. The lowest BCUT2D eigenvalue weighted by Crippen LogP contribution is -1.98. The quantitative estimate of drug-likeness (QED) is 0.369. The van der Waals surface area contributed by atoms with E-state index in [4.69, 9.17) is 0 Å². The predicted molar refractivity (Wildman–Crippen MR) is 75.6 cm³/mol. The summed E-state index contributed by atoms with van der Waals surface area (Å²) in [6.07, 6.45) is 14.3. The smallest absolute Gasteiger partial charge is 0.0300 e. The van der Waals surface area contributed by atoms with Gasteiger partial charge in [-0.1, -0.05) is 85.5 Å². The third-order valence-corrected chi connectivity index (χ3v) is 3.31. The van der Waals surface area contributed by atoms with E-state index in [0.717, 1.165) is 5.92 Å². The molecule has 0 heterocycles. The second-order valence-electron chi connectivity index (χ2n) is 5.78. The zero-order chi connectivity index (χ0) is 12.2. The first-order chi connectivity index (χ1) is 7.66. The van der Waals surface area contributed by atoms with Crippen molar-refractivity contribution in [1.82, 2.24) is 0 Å². The molecule has 16 heavy (non-hydrogen) atoms. The van der Waals surface area contributed by atoms with E-state index in [0.29, 0.717) is 0 Å². The Hall–Kier alpha value is 0. The summed E-state index contributed by atoms with van der Waals surface area (Å²) in [5, 5.41) is 0. The highest BCUT2D eigenvalue weighted by Gasteiger charge is 2.04. The van der Waals surface area contributed by atoms with Gasteiger partial charge in [0.2, 0.25) is 0 Å². The molecule has 0 aliphatic heterocycles. The van der Waals surface area contributed by atoms with Crippen LogP contribution in [0, 0.1) is 11.8 Å². The Kier molecular flexibility index (Phi) is 11.5. The minimum Gasteiger partial charge on any atom is -0.0654 e. The van der Waals surface area contributed by atoms with Crippen molar-refractivity contribution < 1.29 is 0 Å². The molecule has 1 radical (unpaired) electrons. The predicted octanol–water partition coefficient (Wildman–Crippen LogP) is 6.16. The molecule has 0 saturated carbocycles. The average molecular weight is 225 g/mol. The van der Waals surface area contributed by atoms with Crippen molar-refractivity contribution in [2.24, 2.45) is 5.92 Å². The molecule has 1 unspecified atom stereocenters. The number of hydrogen-bond donors (Lipinski definition) is 0. The Bertz CT molecular complexity index is 126. The second-order valence-corrected chi connectivity index (χ2v) is 5.78. The summed E-state index contributed by atoms with van der Waals surface area (Å²) < 4.78 is 0. The first-order valence-electron chi connectivity index (χ1n) is 7.45. The lowest BCUT2D eigenvalue weighted by Gasteiger charge is -2.12. The standard InChI is InChI=1S/C16H33/c1-5-6-7-8-9-10-11-12-13-16(4)14-15(2)3/h16H,5-14H2,1-4H3. The van der Waals surface area contributed by atoms with Gasteiger partial charge >= 0.3 is 0 Å². The molecule has 0 bridgehead atoms. The molecule has 0 heteroatoms. The van der Waals surface area contributed by atoms with Crippen LogP contribution in [0.3, 0.4) is 0 Å². The highest BCUT2D eigenvalue weighted by molar-refractivity contribution is 4.78. The first-order valence-corrected chi connectivity index (χ1v) is 7.45. The van der Waals surface area contributed by atoms with Gasteiger partial charge in [-0.3, -0.25) is 0 Å². The molecule has 0 rings (SSSR count). The van der Waals surface area contributed by atoms with Crippen molar-refractivity contribution in [3.63, 3.8) is 0 Å². The molecule has 0 spiro atoms. The summed E-state index contributed by atoms with van der Waals surface area (Å²) in [6, 6.07) is 0. The molecule has 0 saturated heterocycles. The topological polar surface area (TPSA) is 0 Å². The van der Waals surface area contributed by atoms with Crippen molar-refractivity contribution in [2.75, 3.05) is 0 Å². The number of unbranched alkanes of at least 4 members (excludes halogenated alkanes) is 7. The van der Waals surface area contributed by atoms with Crippen LogP contribution in [-0.2, 0) is 0 Å². The SMILES string of the molecule is CCCCCCCCCCC(C)C[C](C)C. The summed E-state index contributed by atoms with van der Waals surface area (Å²) in [5.74, 6) is 2.50. The molecular formula is C16H33. The third-order valence-electron chi connectivity index (χ3n) is 3.31. The van der Waals surface area contributed by atoms with Gasteiger partial charge in [-0.15, -0.1) is 0 Å². The Morgan fingerprint density at radius 1 is 0.812 bits per heavy atom. The van der Waals surface area contributed by atoms with Crippen LogP contribution in [-0.4, -0.2) is 0 Å². The molecule has 0 aromatic heterocycles. The second kappa shape index (κ2) is 11.5. The Morgan fingerprint density at radius 3 is 1.81 bits per heavy atom. The zero-order valence-electron chi connectivity index (χ0n) is 12.1. The normalized spacial score (nSPS) is 13.3. The maximum absolute atomic E-state index is 2.40. The van der Waals surface area contributed by atoms with Crippen LogP contribution in [0.25, 0.3) is 0 Å². The molecule has 97 valence electrons. The number of rotatable bonds is 11. The van der Waals surface area contributed by atoms with Crippen molar-refractivity contribution in [1.29, 1.82) is 0 Å². The van der Waals surface area contributed by atoms with Crippen LogP contribution in [0.2, 0.25) is 0 Å². The van der Waals surface area contributed by atoms with E-state index in [1.165, 1.54) is 64.2 Å². The van der Waals surface area contributed by atoms with Crippen LogP contribution in [0.15, 0.2) is 0 Å². The van der Waals surface area contributed by atoms with E-state index < -0.39 is 0 Å². The summed E-state index contributed by atoms with van der Waals surface area (Å²) in [7, 11) is 0. The van der Waals surface area contributed by atoms with E-state index in [1.807, 2.05) is 0 Å². The van der Waals surface area contributed by atoms with Crippen molar-refractivity contribution in [2.45, 2.75) is 91.9 Å². The van der Waals surface area contributed by atoms with Gasteiger partial charge in [-0.2, -0.15) is 0 Å². The molecule has 0 nitrogen and oxygen atoms in total. The van der Waals surface area contributed by atoms with Gasteiger partial charge in [0.05, 0.1) is 0 Å². The fourth-order valence-electron chi connectivity index (χ4n) is 2.43. The Balaban J connectivity index is 3.08. The van der Waals surface area contributed by atoms with Crippen LogP contribution >= 0.6 is 0 Å². The molecular weight excluding hydrogens is 192 g/mol. The van der Waals surface area contributed by atoms with Crippen molar-refractivity contribution in [3.05, 3.63) is 5.92 Å². The Labute approximate surface area is 104 Å². The fourth-order valence-corrected chi connectivity index (χ4v) is 2.43. The zero-order valence-corrected chi connectivity index (χ0v) is 12.1. The van der Waals surface area contributed by atoms with Gasteiger partial charge in [0.1, 0.15) is 0 Å². The molecule has 0 amide bonds. The van der Waals surface area contributed by atoms with Crippen molar-refractivity contribution in [3.8, 4) is 0 Å². The first kappa shape index (κ1) is 16.0. The van der Waals surface area contributed by atoms with Crippen LogP contribution in [0.4, 0.5) is 0 Å². The molecule has 0 aliphatic rings. The fraction of sp³-hybridized carbons (Fsp3) is 0.938.